The third-order valence-electron chi connectivity index (χ3n) is 3.29. The van der Waals surface area contributed by atoms with Gasteiger partial charge in [-0.1, -0.05) is 6.08 Å². The lowest BCUT2D eigenvalue weighted by Gasteiger charge is -2.27. The minimum absolute atomic E-state index is 0.0175. The van der Waals surface area contributed by atoms with Crippen LogP contribution in [0.25, 0.3) is 6.08 Å². The van der Waals surface area contributed by atoms with Crippen molar-refractivity contribution in [2.24, 2.45) is 0 Å². The molecule has 1 aromatic rings. The van der Waals surface area contributed by atoms with Gasteiger partial charge in [-0.15, -0.1) is 6.58 Å². The number of amides is 3. The van der Waals surface area contributed by atoms with E-state index >= 15 is 0 Å². The first-order chi connectivity index (χ1) is 12.6. The summed E-state index contributed by atoms with van der Waals surface area (Å²) >= 11 is 5.01. The molecule has 3 amide bonds. The van der Waals surface area contributed by atoms with Crippen molar-refractivity contribution in [3.63, 3.8) is 0 Å². The van der Waals surface area contributed by atoms with Crippen LogP contribution in [0.3, 0.4) is 0 Å². The fraction of sp³-hybridized carbons (Fsp3) is 0.278. The number of thiocarbonyl (C=S) groups is 1. The third-order valence-corrected chi connectivity index (χ3v) is 3.61. The van der Waals surface area contributed by atoms with Crippen LogP contribution in [0.1, 0.15) is 26.3 Å². The quantitative estimate of drug-likeness (QED) is 0.355. The second-order valence-corrected chi connectivity index (χ2v) is 7.00. The summed E-state index contributed by atoms with van der Waals surface area (Å²) in [5, 5.41) is 5.04. The van der Waals surface area contributed by atoms with Crippen molar-refractivity contribution in [2.75, 3.05) is 11.9 Å². The molecular weight excluding hydrogens is 368 g/mol. The zero-order chi connectivity index (χ0) is 20.2. The molecular formula is C18H20N4O4S. The van der Waals surface area contributed by atoms with Crippen LogP contribution in [0, 0.1) is 0 Å². The van der Waals surface area contributed by atoms with Gasteiger partial charge in [0.2, 0.25) is 0 Å². The summed E-state index contributed by atoms with van der Waals surface area (Å²) in [6, 6.07) is 1.56. The van der Waals surface area contributed by atoms with Gasteiger partial charge in [0.25, 0.3) is 11.8 Å². The first kappa shape index (κ1) is 20.2. The Bertz CT molecular complexity index is 842. The fourth-order valence-corrected chi connectivity index (χ4v) is 2.44. The van der Waals surface area contributed by atoms with Crippen LogP contribution in [0.4, 0.5) is 10.5 Å². The summed E-state index contributed by atoms with van der Waals surface area (Å²) in [7, 11) is 0. The second-order valence-electron chi connectivity index (χ2n) is 6.61. The lowest BCUT2D eigenvalue weighted by atomic mass is 10.1. The van der Waals surface area contributed by atoms with Gasteiger partial charge in [0.05, 0.1) is 11.9 Å². The number of rotatable bonds is 4. The van der Waals surface area contributed by atoms with E-state index in [9.17, 15) is 14.4 Å². The molecule has 8 nitrogen and oxygen atoms in total. The highest BCUT2D eigenvalue weighted by molar-refractivity contribution is 7.80. The first-order valence-corrected chi connectivity index (χ1v) is 8.47. The van der Waals surface area contributed by atoms with Gasteiger partial charge in [-0.05, 0) is 45.1 Å². The Kier molecular flexibility index (Phi) is 6.06. The highest BCUT2D eigenvalue weighted by Crippen LogP contribution is 2.21. The minimum atomic E-state index is -0.677. The predicted molar refractivity (Wildman–Crippen MR) is 105 cm³/mol. The highest BCUT2D eigenvalue weighted by atomic mass is 32.1. The Hall–Kier alpha value is -3.07. The van der Waals surface area contributed by atoms with E-state index in [0.717, 1.165) is 0 Å². The SMILES string of the molecule is C=CCN1C(=O)/C(=C/c2ccncc2NC(=O)OC(C)(C)C)C(=O)NC1=S. The number of anilines is 1. The Morgan fingerprint density at radius 3 is 2.78 bits per heavy atom. The van der Waals surface area contributed by atoms with Crippen LogP contribution < -0.4 is 10.6 Å². The number of aromatic nitrogens is 1. The molecule has 142 valence electrons. The molecule has 0 spiro atoms. The third kappa shape index (κ3) is 5.20. The minimum Gasteiger partial charge on any atom is -0.444 e. The van der Waals surface area contributed by atoms with E-state index in [-0.39, 0.29) is 17.2 Å². The van der Waals surface area contributed by atoms with Gasteiger partial charge in [-0.2, -0.15) is 0 Å². The van der Waals surface area contributed by atoms with Gasteiger partial charge in [0, 0.05) is 18.3 Å². The molecule has 0 unspecified atom stereocenters. The van der Waals surface area contributed by atoms with Gasteiger partial charge in [0.15, 0.2) is 5.11 Å². The van der Waals surface area contributed by atoms with Crippen LogP contribution in [-0.2, 0) is 14.3 Å². The fourth-order valence-electron chi connectivity index (χ4n) is 2.19. The van der Waals surface area contributed by atoms with Crippen molar-refractivity contribution in [3.8, 4) is 0 Å². The van der Waals surface area contributed by atoms with Crippen LogP contribution in [-0.4, -0.2) is 45.0 Å². The molecule has 0 aliphatic carbocycles. The predicted octanol–water partition coefficient (Wildman–Crippen LogP) is 2.24. The molecule has 0 radical (unpaired) electrons. The van der Waals surface area contributed by atoms with E-state index in [1.54, 1.807) is 26.8 Å². The number of carbonyl (C=O) groups excluding carboxylic acids is 3. The monoisotopic (exact) mass is 388 g/mol. The molecule has 1 aliphatic rings. The van der Waals surface area contributed by atoms with Crippen molar-refractivity contribution in [1.29, 1.82) is 0 Å². The summed E-state index contributed by atoms with van der Waals surface area (Å²) in [6.07, 6.45) is 5.06. The summed E-state index contributed by atoms with van der Waals surface area (Å²) < 4.78 is 5.21. The molecule has 0 saturated carbocycles. The van der Waals surface area contributed by atoms with Crippen LogP contribution in [0.2, 0.25) is 0 Å². The van der Waals surface area contributed by atoms with Gasteiger partial charge >= 0.3 is 6.09 Å². The van der Waals surface area contributed by atoms with Crippen molar-refractivity contribution in [3.05, 3.63) is 42.3 Å². The van der Waals surface area contributed by atoms with Gasteiger partial charge in [-0.25, -0.2) is 4.79 Å². The average Bonchev–Trinajstić information content (AvgIpc) is 2.55. The highest BCUT2D eigenvalue weighted by Gasteiger charge is 2.32. The molecule has 9 heteroatoms. The van der Waals surface area contributed by atoms with Crippen LogP contribution >= 0.6 is 12.2 Å². The van der Waals surface area contributed by atoms with E-state index in [0.29, 0.717) is 11.3 Å². The van der Waals surface area contributed by atoms with Gasteiger partial charge in [-0.3, -0.25) is 30.1 Å². The molecule has 0 atom stereocenters. The second kappa shape index (κ2) is 8.09. The average molecular weight is 388 g/mol. The first-order valence-electron chi connectivity index (χ1n) is 8.06. The molecule has 2 N–H and O–H groups in total. The molecule has 0 bridgehead atoms. The maximum Gasteiger partial charge on any atom is 0.412 e. The van der Waals surface area contributed by atoms with Crippen molar-refractivity contribution >= 4 is 47.0 Å². The van der Waals surface area contributed by atoms with Crippen molar-refractivity contribution in [2.45, 2.75) is 26.4 Å². The molecule has 27 heavy (non-hydrogen) atoms. The lowest BCUT2D eigenvalue weighted by molar-refractivity contribution is -0.128. The van der Waals surface area contributed by atoms with E-state index in [4.69, 9.17) is 17.0 Å². The zero-order valence-electron chi connectivity index (χ0n) is 15.2. The number of ether oxygens (including phenoxy) is 1. The number of hydrogen-bond donors (Lipinski definition) is 2. The van der Waals surface area contributed by atoms with Gasteiger partial charge in [0.1, 0.15) is 11.2 Å². The number of nitrogens with one attached hydrogen (secondary N) is 2. The van der Waals surface area contributed by atoms with Crippen LogP contribution in [0.15, 0.2) is 36.7 Å². The number of nitrogens with zero attached hydrogens (tertiary/aromatic N) is 2. The maximum atomic E-state index is 12.6. The zero-order valence-corrected chi connectivity index (χ0v) is 16.1. The number of hydrogen-bond acceptors (Lipinski definition) is 6. The molecule has 2 rings (SSSR count). The molecule has 1 saturated heterocycles. The normalized spacial score (nSPS) is 16.2. The summed E-state index contributed by atoms with van der Waals surface area (Å²) in [4.78, 5) is 42.0. The van der Waals surface area contributed by atoms with Gasteiger partial charge < -0.3 is 4.74 Å². The van der Waals surface area contributed by atoms with Crippen LogP contribution in [0.5, 0.6) is 0 Å². The largest absolute Gasteiger partial charge is 0.444 e. The Morgan fingerprint density at radius 2 is 2.15 bits per heavy atom. The smallest absolute Gasteiger partial charge is 0.412 e. The Labute approximate surface area is 162 Å². The number of pyridine rings is 1. The number of carbonyl (C=O) groups is 3. The maximum absolute atomic E-state index is 12.6. The lowest BCUT2D eigenvalue weighted by Crippen LogP contribution is -2.53. The molecule has 1 aliphatic heterocycles. The van der Waals surface area contributed by atoms with Crippen molar-refractivity contribution < 1.29 is 19.1 Å². The topological polar surface area (TPSA) is 101 Å². The molecule has 2 heterocycles. The molecule has 1 aromatic heterocycles. The molecule has 0 aromatic carbocycles. The standard InChI is InChI=1S/C18H20N4O4S/c1-5-8-22-15(24)12(14(23)21-16(22)27)9-11-6-7-19-10-13(11)20-17(25)26-18(2,3)4/h5-7,9-10H,1,8H2,2-4H3,(H,20,25)(H,21,23,27)/b12-9+. The van der Waals surface area contributed by atoms with E-state index in [1.165, 1.54) is 29.4 Å². The van der Waals surface area contributed by atoms with Crippen molar-refractivity contribution in [1.82, 2.24) is 15.2 Å². The van der Waals surface area contributed by atoms with E-state index < -0.39 is 23.5 Å². The van der Waals surface area contributed by atoms with E-state index in [2.05, 4.69) is 22.2 Å². The van der Waals surface area contributed by atoms with E-state index in [1.807, 2.05) is 0 Å². The Balaban J connectivity index is 2.34. The summed E-state index contributed by atoms with van der Waals surface area (Å²) in [5.74, 6) is -1.17. The molecule has 1 fully saturated rings. The summed E-state index contributed by atoms with van der Waals surface area (Å²) in [6.45, 7) is 8.94. The Morgan fingerprint density at radius 1 is 1.44 bits per heavy atom. The summed E-state index contributed by atoms with van der Waals surface area (Å²) in [5.41, 5.74) is -0.0849.